The number of hydrogen-bond acceptors (Lipinski definition) is 3. The molecule has 0 spiro atoms. The molecule has 15 heavy (non-hydrogen) atoms. The van der Waals surface area contributed by atoms with Crippen LogP contribution < -0.4 is 5.32 Å². The molecule has 80 valence electrons. The Kier molecular flexibility index (Phi) is 5.09. The zero-order chi connectivity index (χ0) is 11.1. The monoisotopic (exact) mass is 223 g/mol. The van der Waals surface area contributed by atoms with E-state index in [4.69, 9.17) is 16.9 Å². The van der Waals surface area contributed by atoms with E-state index in [-0.39, 0.29) is 6.04 Å². The van der Waals surface area contributed by atoms with Crippen LogP contribution in [0.25, 0.3) is 0 Å². The molecule has 4 heteroatoms. The van der Waals surface area contributed by atoms with Gasteiger partial charge in [-0.2, -0.15) is 5.26 Å². The molecular formula is C11H14ClN3. The quantitative estimate of drug-likeness (QED) is 0.781. The van der Waals surface area contributed by atoms with E-state index >= 15 is 0 Å². The first-order chi connectivity index (χ1) is 7.27. The zero-order valence-corrected chi connectivity index (χ0v) is 9.46. The summed E-state index contributed by atoms with van der Waals surface area (Å²) >= 11 is 5.91. The fourth-order valence-electron chi connectivity index (χ4n) is 1.28. The van der Waals surface area contributed by atoms with Crippen LogP contribution in [-0.4, -0.2) is 11.0 Å². The number of pyridine rings is 1. The highest BCUT2D eigenvalue weighted by molar-refractivity contribution is 6.30. The molecule has 0 bridgehead atoms. The van der Waals surface area contributed by atoms with Gasteiger partial charge in [-0.05, 0) is 12.5 Å². The molecule has 1 rings (SSSR count). The molecular weight excluding hydrogens is 210 g/mol. The molecule has 0 amide bonds. The van der Waals surface area contributed by atoms with Crippen LogP contribution in [0.3, 0.4) is 0 Å². The third kappa shape index (κ3) is 3.86. The molecule has 0 radical (unpaired) electrons. The molecule has 0 aliphatic heterocycles. The normalized spacial score (nSPS) is 12.1. The summed E-state index contributed by atoms with van der Waals surface area (Å²) in [5, 5.41) is 12.4. The van der Waals surface area contributed by atoms with Gasteiger partial charge in [0.2, 0.25) is 0 Å². The average molecular weight is 224 g/mol. The summed E-state index contributed by atoms with van der Waals surface area (Å²) in [6.07, 6.45) is 3.12. The van der Waals surface area contributed by atoms with Gasteiger partial charge in [0.25, 0.3) is 0 Å². The van der Waals surface area contributed by atoms with Gasteiger partial charge in [-0.3, -0.25) is 0 Å². The Labute approximate surface area is 95.1 Å². The van der Waals surface area contributed by atoms with Gasteiger partial charge in [0.05, 0.1) is 12.5 Å². The molecule has 1 N–H and O–H groups in total. The van der Waals surface area contributed by atoms with E-state index in [1.807, 2.05) is 12.1 Å². The van der Waals surface area contributed by atoms with E-state index in [1.54, 1.807) is 6.20 Å². The minimum atomic E-state index is 0.228. The van der Waals surface area contributed by atoms with Gasteiger partial charge in [-0.1, -0.05) is 24.6 Å². The highest BCUT2D eigenvalue weighted by atomic mass is 35.5. The lowest BCUT2D eigenvalue weighted by Crippen LogP contribution is -2.27. The Hall–Kier alpha value is -1.11. The predicted octanol–water partition coefficient (Wildman–Crippen LogP) is 2.52. The smallest absolute Gasteiger partial charge is 0.133 e. The topological polar surface area (TPSA) is 48.7 Å². The maximum absolute atomic E-state index is 8.59. The maximum atomic E-state index is 8.59. The SMILES string of the molecule is CCC(CC#N)NCc1cccnc1Cl. The zero-order valence-electron chi connectivity index (χ0n) is 8.70. The Morgan fingerprint density at radius 1 is 1.67 bits per heavy atom. The highest BCUT2D eigenvalue weighted by Gasteiger charge is 2.06. The van der Waals surface area contributed by atoms with Crippen molar-refractivity contribution in [3.8, 4) is 6.07 Å². The molecule has 0 aliphatic carbocycles. The van der Waals surface area contributed by atoms with Crippen molar-refractivity contribution in [1.82, 2.24) is 10.3 Å². The average Bonchev–Trinajstić information content (AvgIpc) is 2.26. The van der Waals surface area contributed by atoms with Crippen molar-refractivity contribution in [2.75, 3.05) is 0 Å². The van der Waals surface area contributed by atoms with Crippen LogP contribution in [0.5, 0.6) is 0 Å². The van der Waals surface area contributed by atoms with Crippen molar-refractivity contribution >= 4 is 11.6 Å². The first kappa shape index (κ1) is 12.0. The van der Waals surface area contributed by atoms with Crippen LogP contribution in [-0.2, 0) is 6.54 Å². The molecule has 0 saturated carbocycles. The van der Waals surface area contributed by atoms with Gasteiger partial charge in [0, 0.05) is 24.3 Å². The fraction of sp³-hybridized carbons (Fsp3) is 0.455. The Morgan fingerprint density at radius 2 is 2.47 bits per heavy atom. The lowest BCUT2D eigenvalue weighted by atomic mass is 10.1. The van der Waals surface area contributed by atoms with Crippen molar-refractivity contribution < 1.29 is 0 Å². The molecule has 0 aliphatic rings. The Morgan fingerprint density at radius 3 is 3.07 bits per heavy atom. The second-order valence-corrected chi connectivity index (χ2v) is 3.66. The predicted molar refractivity (Wildman–Crippen MR) is 60.4 cm³/mol. The lowest BCUT2D eigenvalue weighted by Gasteiger charge is -2.13. The van der Waals surface area contributed by atoms with E-state index in [0.29, 0.717) is 18.1 Å². The number of nitrogens with one attached hydrogen (secondary N) is 1. The van der Waals surface area contributed by atoms with Crippen LogP contribution in [0.15, 0.2) is 18.3 Å². The molecule has 1 unspecified atom stereocenters. The third-order valence-corrected chi connectivity index (χ3v) is 2.59. The molecule has 1 aromatic heterocycles. The molecule has 0 aromatic carbocycles. The van der Waals surface area contributed by atoms with Crippen molar-refractivity contribution in [2.24, 2.45) is 0 Å². The first-order valence-corrected chi connectivity index (χ1v) is 5.35. The third-order valence-electron chi connectivity index (χ3n) is 2.25. The summed E-state index contributed by atoms with van der Waals surface area (Å²) in [7, 11) is 0. The molecule has 1 heterocycles. The van der Waals surface area contributed by atoms with E-state index in [0.717, 1.165) is 12.0 Å². The number of hydrogen-bond donors (Lipinski definition) is 1. The van der Waals surface area contributed by atoms with Crippen molar-refractivity contribution in [3.63, 3.8) is 0 Å². The van der Waals surface area contributed by atoms with Gasteiger partial charge < -0.3 is 5.32 Å². The van der Waals surface area contributed by atoms with Crippen LogP contribution in [0.1, 0.15) is 25.3 Å². The van der Waals surface area contributed by atoms with Crippen molar-refractivity contribution in [1.29, 1.82) is 5.26 Å². The first-order valence-electron chi connectivity index (χ1n) is 4.97. The molecule has 1 aromatic rings. The molecule has 3 nitrogen and oxygen atoms in total. The number of nitriles is 1. The standard InChI is InChI=1S/C11H14ClN3/c1-2-10(5-6-13)15-8-9-4-3-7-14-11(9)12/h3-4,7,10,15H,2,5,8H2,1H3. The number of aromatic nitrogens is 1. The summed E-state index contributed by atoms with van der Waals surface area (Å²) in [6, 6.07) is 6.17. The number of halogens is 1. The molecule has 0 saturated heterocycles. The summed E-state index contributed by atoms with van der Waals surface area (Å²) in [4.78, 5) is 3.99. The largest absolute Gasteiger partial charge is 0.309 e. The second-order valence-electron chi connectivity index (χ2n) is 3.30. The summed E-state index contributed by atoms with van der Waals surface area (Å²) in [6.45, 7) is 2.71. The van der Waals surface area contributed by atoms with Gasteiger partial charge in [-0.15, -0.1) is 0 Å². The van der Waals surface area contributed by atoms with Crippen LogP contribution in [0, 0.1) is 11.3 Å². The summed E-state index contributed by atoms with van der Waals surface area (Å²) < 4.78 is 0. The lowest BCUT2D eigenvalue weighted by molar-refractivity contribution is 0.504. The highest BCUT2D eigenvalue weighted by Crippen LogP contribution is 2.11. The van der Waals surface area contributed by atoms with Crippen LogP contribution in [0.4, 0.5) is 0 Å². The number of rotatable bonds is 5. The maximum Gasteiger partial charge on any atom is 0.133 e. The van der Waals surface area contributed by atoms with Crippen LogP contribution >= 0.6 is 11.6 Å². The van der Waals surface area contributed by atoms with Gasteiger partial charge in [0.15, 0.2) is 0 Å². The van der Waals surface area contributed by atoms with Gasteiger partial charge in [0.1, 0.15) is 5.15 Å². The van der Waals surface area contributed by atoms with Crippen molar-refractivity contribution in [2.45, 2.75) is 32.4 Å². The van der Waals surface area contributed by atoms with E-state index in [9.17, 15) is 0 Å². The fourth-order valence-corrected chi connectivity index (χ4v) is 1.46. The molecule has 0 fully saturated rings. The van der Waals surface area contributed by atoms with E-state index < -0.39 is 0 Å². The minimum Gasteiger partial charge on any atom is -0.309 e. The van der Waals surface area contributed by atoms with E-state index in [2.05, 4.69) is 23.3 Å². The minimum absolute atomic E-state index is 0.228. The Balaban J connectivity index is 2.49. The summed E-state index contributed by atoms with van der Waals surface area (Å²) in [5.74, 6) is 0. The Bertz CT molecular complexity index is 346. The van der Waals surface area contributed by atoms with Crippen LogP contribution in [0.2, 0.25) is 5.15 Å². The number of nitrogens with zero attached hydrogens (tertiary/aromatic N) is 2. The van der Waals surface area contributed by atoms with E-state index in [1.165, 1.54) is 0 Å². The van der Waals surface area contributed by atoms with Crippen molar-refractivity contribution in [3.05, 3.63) is 29.0 Å². The second kappa shape index (κ2) is 6.39. The van der Waals surface area contributed by atoms with Gasteiger partial charge in [-0.25, -0.2) is 4.98 Å². The molecule has 1 atom stereocenters. The van der Waals surface area contributed by atoms with Gasteiger partial charge >= 0.3 is 0 Å². The summed E-state index contributed by atoms with van der Waals surface area (Å²) in [5.41, 5.74) is 0.968.